The van der Waals surface area contributed by atoms with Crippen LogP contribution in [0.4, 0.5) is 0 Å². The van der Waals surface area contributed by atoms with Gasteiger partial charge in [-0.2, -0.15) is 0 Å². The third kappa shape index (κ3) is 2.17. The van der Waals surface area contributed by atoms with Gasteiger partial charge >= 0.3 is 0 Å². The van der Waals surface area contributed by atoms with Crippen molar-refractivity contribution in [3.8, 4) is 22.4 Å². The van der Waals surface area contributed by atoms with E-state index in [9.17, 15) is 0 Å². The minimum Gasteiger partial charge on any atom is -0.244 e. The summed E-state index contributed by atoms with van der Waals surface area (Å²) < 4.78 is 0. The van der Waals surface area contributed by atoms with E-state index in [0.29, 0.717) is 5.92 Å². The lowest BCUT2D eigenvalue weighted by molar-refractivity contribution is 0.360. The predicted octanol–water partition coefficient (Wildman–Crippen LogP) is 5.30. The molecule has 0 fully saturated rings. The molecule has 23 heavy (non-hydrogen) atoms. The molecule has 1 aromatic heterocycles. The molecule has 2 aromatic carbocycles. The van der Waals surface area contributed by atoms with E-state index in [1.165, 1.54) is 22.3 Å². The zero-order chi connectivity index (χ0) is 16.0. The Morgan fingerprint density at radius 1 is 0.783 bits per heavy atom. The van der Waals surface area contributed by atoms with Crippen LogP contribution in [0.1, 0.15) is 37.8 Å². The van der Waals surface area contributed by atoms with Crippen molar-refractivity contribution in [2.75, 3.05) is 0 Å². The molecular weight excluding hydrogens is 280 g/mol. The van der Waals surface area contributed by atoms with Crippen molar-refractivity contribution < 1.29 is 0 Å². The van der Waals surface area contributed by atoms with Gasteiger partial charge in [0.05, 0.1) is 5.69 Å². The van der Waals surface area contributed by atoms with E-state index in [2.05, 4.69) is 79.3 Å². The average molecular weight is 300 g/mol. The summed E-state index contributed by atoms with van der Waals surface area (Å²) in [5.74, 6) is 0.323. The fourth-order valence-corrected chi connectivity index (χ4v) is 3.80. The van der Waals surface area contributed by atoms with Crippen molar-refractivity contribution in [3.63, 3.8) is 0 Å². The molecule has 0 saturated heterocycles. The summed E-state index contributed by atoms with van der Waals surface area (Å²) in [5.41, 5.74) is 7.46. The van der Waals surface area contributed by atoms with E-state index < -0.39 is 0 Å². The molecule has 0 radical (unpaired) electrons. The Kier molecular flexibility index (Phi) is 3.08. The smallest absolute Gasteiger partial charge is 0.116 e. The predicted molar refractivity (Wildman–Crippen MR) is 94.2 cm³/mol. The zero-order valence-corrected chi connectivity index (χ0v) is 13.7. The molecule has 114 valence electrons. The summed E-state index contributed by atoms with van der Waals surface area (Å²) in [6, 6.07) is 17.4. The highest BCUT2D eigenvalue weighted by molar-refractivity contribution is 5.86. The maximum atomic E-state index is 4.62. The second-order valence-electron chi connectivity index (χ2n) is 7.26. The van der Waals surface area contributed by atoms with Gasteiger partial charge in [0.25, 0.3) is 0 Å². The molecule has 1 unspecified atom stereocenters. The molecule has 3 aromatic rings. The summed E-state index contributed by atoms with van der Waals surface area (Å²) in [5, 5.41) is 0. The normalized spacial score (nSPS) is 16.0. The number of hydrogen-bond donors (Lipinski definition) is 0. The molecule has 0 aliphatic heterocycles. The van der Waals surface area contributed by atoms with Crippen molar-refractivity contribution in [1.82, 2.24) is 9.97 Å². The van der Waals surface area contributed by atoms with Crippen LogP contribution in [0.2, 0.25) is 0 Å². The van der Waals surface area contributed by atoms with Crippen molar-refractivity contribution in [2.24, 2.45) is 5.41 Å². The first-order chi connectivity index (χ1) is 11.1. The molecule has 2 heteroatoms. The first-order valence-electron chi connectivity index (χ1n) is 8.06. The molecule has 1 atom stereocenters. The van der Waals surface area contributed by atoms with Crippen LogP contribution in [-0.2, 0) is 0 Å². The van der Waals surface area contributed by atoms with E-state index in [-0.39, 0.29) is 5.41 Å². The second-order valence-corrected chi connectivity index (χ2v) is 7.26. The highest BCUT2D eigenvalue weighted by Gasteiger charge is 2.34. The Labute approximate surface area is 137 Å². The first-order valence-corrected chi connectivity index (χ1v) is 8.06. The highest BCUT2D eigenvalue weighted by Crippen LogP contribution is 2.50. The van der Waals surface area contributed by atoms with Crippen molar-refractivity contribution >= 4 is 0 Å². The molecule has 2 nitrogen and oxygen atoms in total. The zero-order valence-electron chi connectivity index (χ0n) is 13.7. The highest BCUT2D eigenvalue weighted by atomic mass is 14.8. The number of hydrogen-bond acceptors (Lipinski definition) is 2. The molecule has 1 aliphatic carbocycles. The molecule has 1 heterocycles. The number of nitrogens with zero attached hydrogens (tertiary/aromatic N) is 2. The molecule has 0 N–H and O–H groups in total. The summed E-state index contributed by atoms with van der Waals surface area (Å²) in [6.45, 7) is 6.94. The van der Waals surface area contributed by atoms with Gasteiger partial charge in [0.15, 0.2) is 0 Å². The fraction of sp³-hybridized carbons (Fsp3) is 0.238. The van der Waals surface area contributed by atoms with Gasteiger partial charge in [0.2, 0.25) is 0 Å². The Morgan fingerprint density at radius 3 is 2.09 bits per heavy atom. The molecular formula is C21H20N2. The lowest BCUT2D eigenvalue weighted by Crippen LogP contribution is -2.20. The molecule has 0 amide bonds. The molecule has 0 spiro atoms. The van der Waals surface area contributed by atoms with E-state index in [1.807, 2.05) is 6.20 Å². The molecule has 0 saturated carbocycles. The van der Waals surface area contributed by atoms with Crippen LogP contribution in [0.3, 0.4) is 0 Å². The van der Waals surface area contributed by atoms with Crippen LogP contribution < -0.4 is 0 Å². The quantitative estimate of drug-likeness (QED) is 0.563. The van der Waals surface area contributed by atoms with E-state index >= 15 is 0 Å². The number of aromatic nitrogens is 2. The number of fused-ring (bicyclic) bond motifs is 5. The van der Waals surface area contributed by atoms with Gasteiger partial charge in [-0.15, -0.1) is 0 Å². The van der Waals surface area contributed by atoms with Crippen LogP contribution >= 0.6 is 0 Å². The van der Waals surface area contributed by atoms with Crippen LogP contribution in [0.5, 0.6) is 0 Å². The van der Waals surface area contributed by atoms with E-state index in [0.717, 1.165) is 11.3 Å². The Bertz CT molecular complexity index is 808. The average Bonchev–Trinajstić information content (AvgIpc) is 2.67. The summed E-state index contributed by atoms with van der Waals surface area (Å²) in [6.07, 6.45) is 3.60. The molecule has 0 bridgehead atoms. The van der Waals surface area contributed by atoms with Gasteiger partial charge in [-0.05, 0) is 22.1 Å². The third-order valence-electron chi connectivity index (χ3n) is 4.67. The maximum absolute atomic E-state index is 4.62. The van der Waals surface area contributed by atoms with Crippen molar-refractivity contribution in [3.05, 3.63) is 72.2 Å². The molecule has 4 rings (SSSR count). The van der Waals surface area contributed by atoms with Gasteiger partial charge in [-0.25, -0.2) is 9.97 Å². The van der Waals surface area contributed by atoms with Gasteiger partial charge in [0, 0.05) is 23.2 Å². The topological polar surface area (TPSA) is 25.8 Å². The number of rotatable bonds is 0. The summed E-state index contributed by atoms with van der Waals surface area (Å²) >= 11 is 0. The monoisotopic (exact) mass is 300 g/mol. The fourth-order valence-electron chi connectivity index (χ4n) is 3.80. The second kappa shape index (κ2) is 5.02. The summed E-state index contributed by atoms with van der Waals surface area (Å²) in [4.78, 5) is 8.91. The van der Waals surface area contributed by atoms with Crippen LogP contribution in [0.25, 0.3) is 22.4 Å². The Balaban J connectivity index is 2.17. The molecule has 1 aliphatic rings. The van der Waals surface area contributed by atoms with Crippen LogP contribution in [0.15, 0.2) is 61.1 Å². The Morgan fingerprint density at radius 2 is 1.39 bits per heavy atom. The van der Waals surface area contributed by atoms with Gasteiger partial charge < -0.3 is 0 Å². The minimum absolute atomic E-state index is 0.113. The summed E-state index contributed by atoms with van der Waals surface area (Å²) in [7, 11) is 0. The van der Waals surface area contributed by atoms with Crippen LogP contribution in [-0.4, -0.2) is 9.97 Å². The lowest BCUT2D eigenvalue weighted by atomic mass is 9.71. The standard InChI is InChI=1S/C21H20N2/c1-21(2,3)19-15-9-5-4-8-14(15)18-12-22-13-23-20(18)17-11-7-6-10-16(17)19/h4-13,19H,1-3H3. The van der Waals surface area contributed by atoms with Crippen LogP contribution in [0, 0.1) is 5.41 Å². The Hall–Kier alpha value is -2.48. The minimum atomic E-state index is 0.113. The maximum Gasteiger partial charge on any atom is 0.116 e. The van der Waals surface area contributed by atoms with E-state index in [1.54, 1.807) is 6.33 Å². The lowest BCUT2D eigenvalue weighted by Gasteiger charge is -2.33. The van der Waals surface area contributed by atoms with Gasteiger partial charge in [-0.3, -0.25) is 0 Å². The van der Waals surface area contributed by atoms with Crippen molar-refractivity contribution in [2.45, 2.75) is 26.7 Å². The first kappa shape index (κ1) is 14.1. The third-order valence-corrected chi connectivity index (χ3v) is 4.67. The number of benzene rings is 2. The van der Waals surface area contributed by atoms with Gasteiger partial charge in [0.1, 0.15) is 6.33 Å². The largest absolute Gasteiger partial charge is 0.244 e. The van der Waals surface area contributed by atoms with Gasteiger partial charge in [-0.1, -0.05) is 69.3 Å². The van der Waals surface area contributed by atoms with Crippen molar-refractivity contribution in [1.29, 1.82) is 0 Å². The SMILES string of the molecule is CC(C)(C)C1c2ccccc2-c2cncnc2-c2ccccc21. The van der Waals surface area contributed by atoms with E-state index in [4.69, 9.17) is 0 Å².